The molecular formula is C21H29N3O4S. The van der Waals surface area contributed by atoms with Crippen LogP contribution in [0.25, 0.3) is 0 Å². The summed E-state index contributed by atoms with van der Waals surface area (Å²) in [5.74, 6) is 0.330. The first-order valence-electron chi connectivity index (χ1n) is 10.0. The average Bonchev–Trinajstić information content (AvgIpc) is 3.20. The standard InChI is InChI=1S/C21H29N3O4S/c1-14(2)20(27)24-9-4-5-15-6-7-16(11-17(15)24)23-19(26)18(25)22-12-21(28-3)8-10-29-13-21/h6-7,11,14H,4-5,8-10,12-13H2,1-3H3,(H,22,25)(H,23,26). The van der Waals surface area contributed by atoms with E-state index in [1.165, 1.54) is 0 Å². The summed E-state index contributed by atoms with van der Waals surface area (Å²) in [6, 6.07) is 5.47. The number of fused-ring (bicyclic) bond motifs is 1. The molecule has 8 heteroatoms. The quantitative estimate of drug-likeness (QED) is 0.715. The highest BCUT2D eigenvalue weighted by molar-refractivity contribution is 7.99. The number of nitrogens with one attached hydrogen (secondary N) is 2. The fraction of sp³-hybridized carbons (Fsp3) is 0.571. The molecule has 1 fully saturated rings. The van der Waals surface area contributed by atoms with Crippen LogP contribution in [0.2, 0.25) is 0 Å². The summed E-state index contributed by atoms with van der Waals surface area (Å²) in [7, 11) is 1.63. The van der Waals surface area contributed by atoms with Gasteiger partial charge in [0.1, 0.15) is 0 Å². The lowest BCUT2D eigenvalue weighted by Gasteiger charge is -2.31. The summed E-state index contributed by atoms with van der Waals surface area (Å²) in [6.45, 7) is 4.73. The Morgan fingerprint density at radius 1 is 1.28 bits per heavy atom. The zero-order valence-corrected chi connectivity index (χ0v) is 18.1. The number of hydrogen-bond donors (Lipinski definition) is 2. The van der Waals surface area contributed by atoms with Gasteiger partial charge in [-0.05, 0) is 42.7 Å². The van der Waals surface area contributed by atoms with Crippen molar-refractivity contribution in [1.82, 2.24) is 5.32 Å². The second kappa shape index (κ2) is 9.17. The molecule has 2 N–H and O–H groups in total. The van der Waals surface area contributed by atoms with E-state index in [0.29, 0.717) is 18.8 Å². The molecule has 2 heterocycles. The maximum absolute atomic E-state index is 12.5. The molecule has 0 aliphatic carbocycles. The van der Waals surface area contributed by atoms with Crippen LogP contribution in [0.15, 0.2) is 18.2 Å². The molecule has 29 heavy (non-hydrogen) atoms. The minimum absolute atomic E-state index is 0.0615. The predicted octanol–water partition coefficient (Wildman–Crippen LogP) is 2.20. The van der Waals surface area contributed by atoms with E-state index in [-0.39, 0.29) is 11.8 Å². The zero-order valence-electron chi connectivity index (χ0n) is 17.2. The first kappa shape index (κ1) is 21.6. The predicted molar refractivity (Wildman–Crippen MR) is 115 cm³/mol. The number of thioether (sulfide) groups is 1. The number of methoxy groups -OCH3 is 1. The molecule has 158 valence electrons. The highest BCUT2D eigenvalue weighted by atomic mass is 32.2. The van der Waals surface area contributed by atoms with Crippen molar-refractivity contribution in [2.75, 3.05) is 41.9 Å². The van der Waals surface area contributed by atoms with E-state index < -0.39 is 17.4 Å². The van der Waals surface area contributed by atoms with Gasteiger partial charge >= 0.3 is 11.8 Å². The Kier molecular flexibility index (Phi) is 6.85. The molecule has 3 amide bonds. The maximum atomic E-state index is 12.5. The van der Waals surface area contributed by atoms with Crippen LogP contribution < -0.4 is 15.5 Å². The van der Waals surface area contributed by atoms with Crippen molar-refractivity contribution in [1.29, 1.82) is 0 Å². The number of aryl methyl sites for hydroxylation is 1. The second-order valence-corrected chi connectivity index (χ2v) is 9.02. The molecule has 1 aromatic rings. The Hall–Kier alpha value is -2.06. The number of carbonyl (C=O) groups excluding carboxylic acids is 3. The third-order valence-corrected chi connectivity index (χ3v) is 6.72. The van der Waals surface area contributed by atoms with Crippen molar-refractivity contribution in [3.8, 4) is 0 Å². The molecule has 7 nitrogen and oxygen atoms in total. The van der Waals surface area contributed by atoms with Gasteiger partial charge in [-0.3, -0.25) is 14.4 Å². The van der Waals surface area contributed by atoms with Gasteiger partial charge in [-0.25, -0.2) is 0 Å². The number of benzene rings is 1. The lowest BCUT2D eigenvalue weighted by atomic mass is 9.99. The Morgan fingerprint density at radius 3 is 2.72 bits per heavy atom. The summed E-state index contributed by atoms with van der Waals surface area (Å²) in [6.07, 6.45) is 2.66. The number of ether oxygens (including phenoxy) is 1. The van der Waals surface area contributed by atoms with E-state index in [9.17, 15) is 14.4 Å². The van der Waals surface area contributed by atoms with E-state index in [2.05, 4.69) is 10.6 Å². The molecule has 0 radical (unpaired) electrons. The van der Waals surface area contributed by atoms with Gasteiger partial charge < -0.3 is 20.3 Å². The van der Waals surface area contributed by atoms with E-state index in [4.69, 9.17) is 4.74 Å². The van der Waals surface area contributed by atoms with Gasteiger partial charge in [0, 0.05) is 43.2 Å². The fourth-order valence-corrected chi connectivity index (χ4v) is 5.06. The largest absolute Gasteiger partial charge is 0.376 e. The molecule has 0 saturated carbocycles. The van der Waals surface area contributed by atoms with Crippen LogP contribution in [0, 0.1) is 5.92 Å². The molecule has 1 aromatic carbocycles. The van der Waals surface area contributed by atoms with Crippen molar-refractivity contribution >= 4 is 40.9 Å². The van der Waals surface area contributed by atoms with Crippen LogP contribution in [0.5, 0.6) is 0 Å². The SMILES string of the molecule is COC1(CNC(=O)C(=O)Nc2ccc3c(c2)N(C(=O)C(C)C)CCC3)CCSC1. The summed E-state index contributed by atoms with van der Waals surface area (Å²) in [5, 5.41) is 5.34. The highest BCUT2D eigenvalue weighted by Crippen LogP contribution is 2.32. The van der Waals surface area contributed by atoms with Gasteiger partial charge in [0.2, 0.25) is 5.91 Å². The molecule has 2 aliphatic rings. The number of rotatable bonds is 5. The van der Waals surface area contributed by atoms with Crippen molar-refractivity contribution in [3.05, 3.63) is 23.8 Å². The van der Waals surface area contributed by atoms with Crippen LogP contribution in [0.1, 0.15) is 32.3 Å². The molecule has 0 spiro atoms. The Labute approximate surface area is 175 Å². The lowest BCUT2D eigenvalue weighted by molar-refractivity contribution is -0.136. The number of amides is 3. The van der Waals surface area contributed by atoms with E-state index in [0.717, 1.165) is 42.0 Å². The minimum Gasteiger partial charge on any atom is -0.376 e. The van der Waals surface area contributed by atoms with Crippen LogP contribution in [-0.2, 0) is 25.5 Å². The van der Waals surface area contributed by atoms with Crippen LogP contribution in [0.4, 0.5) is 11.4 Å². The van der Waals surface area contributed by atoms with Gasteiger partial charge in [-0.1, -0.05) is 19.9 Å². The molecule has 1 atom stereocenters. The van der Waals surface area contributed by atoms with Crippen molar-refractivity contribution in [2.24, 2.45) is 5.92 Å². The molecular weight excluding hydrogens is 390 g/mol. The topological polar surface area (TPSA) is 87.7 Å². The fourth-order valence-electron chi connectivity index (χ4n) is 3.66. The number of anilines is 2. The molecule has 0 bridgehead atoms. The maximum Gasteiger partial charge on any atom is 0.313 e. The smallest absolute Gasteiger partial charge is 0.313 e. The lowest BCUT2D eigenvalue weighted by Crippen LogP contribution is -2.47. The van der Waals surface area contributed by atoms with Gasteiger partial charge in [-0.15, -0.1) is 0 Å². The third-order valence-electron chi connectivity index (χ3n) is 5.50. The first-order chi connectivity index (χ1) is 13.8. The van der Waals surface area contributed by atoms with Crippen LogP contribution >= 0.6 is 11.8 Å². The molecule has 1 saturated heterocycles. The van der Waals surface area contributed by atoms with Gasteiger partial charge in [0.25, 0.3) is 0 Å². The summed E-state index contributed by atoms with van der Waals surface area (Å²) >= 11 is 1.78. The van der Waals surface area contributed by atoms with E-state index in [1.807, 2.05) is 19.9 Å². The van der Waals surface area contributed by atoms with Crippen LogP contribution in [-0.4, -0.2) is 55.0 Å². The monoisotopic (exact) mass is 419 g/mol. The molecule has 3 rings (SSSR count). The Balaban J connectivity index is 1.65. The summed E-state index contributed by atoms with van der Waals surface area (Å²) in [4.78, 5) is 38.9. The Morgan fingerprint density at radius 2 is 2.07 bits per heavy atom. The third kappa shape index (κ3) is 4.93. The average molecular weight is 420 g/mol. The van der Waals surface area contributed by atoms with Crippen LogP contribution in [0.3, 0.4) is 0 Å². The second-order valence-electron chi connectivity index (χ2n) is 7.92. The normalized spacial score (nSPS) is 21.0. The van der Waals surface area contributed by atoms with E-state index >= 15 is 0 Å². The van der Waals surface area contributed by atoms with Gasteiger partial charge in [0.05, 0.1) is 5.60 Å². The Bertz CT molecular complexity index is 790. The summed E-state index contributed by atoms with van der Waals surface area (Å²) in [5.41, 5.74) is 2.00. The minimum atomic E-state index is -0.723. The summed E-state index contributed by atoms with van der Waals surface area (Å²) < 4.78 is 5.56. The molecule has 2 aliphatic heterocycles. The van der Waals surface area contributed by atoms with E-state index in [1.54, 1.807) is 35.9 Å². The molecule has 1 unspecified atom stereocenters. The van der Waals surface area contributed by atoms with Crippen molar-refractivity contribution < 1.29 is 19.1 Å². The molecule has 0 aromatic heterocycles. The number of nitrogens with zero attached hydrogens (tertiary/aromatic N) is 1. The highest BCUT2D eigenvalue weighted by Gasteiger charge is 2.35. The zero-order chi connectivity index (χ0) is 21.0. The van der Waals surface area contributed by atoms with Crippen molar-refractivity contribution in [3.63, 3.8) is 0 Å². The van der Waals surface area contributed by atoms with Gasteiger partial charge in [-0.2, -0.15) is 11.8 Å². The van der Waals surface area contributed by atoms with Crippen molar-refractivity contribution in [2.45, 2.75) is 38.7 Å². The first-order valence-corrected chi connectivity index (χ1v) is 11.2. The number of carbonyl (C=O) groups is 3. The van der Waals surface area contributed by atoms with Gasteiger partial charge in [0.15, 0.2) is 0 Å². The number of hydrogen-bond acceptors (Lipinski definition) is 5.